The lowest BCUT2D eigenvalue weighted by atomic mass is 10.1. The molecule has 0 aliphatic carbocycles. The fraction of sp³-hybridized carbons (Fsp3) is 0.571. The average Bonchev–Trinajstić information content (AvgIpc) is 2.87. The number of aromatic nitrogens is 3. The maximum absolute atomic E-state index is 4.66. The Labute approximate surface area is 119 Å². The van der Waals surface area contributed by atoms with E-state index < -0.39 is 0 Å². The summed E-state index contributed by atoms with van der Waals surface area (Å²) in [4.78, 5) is 11.4. The first-order valence-corrected chi connectivity index (χ1v) is 7.29. The number of fused-ring (bicyclic) bond motifs is 1. The molecule has 0 aromatic carbocycles. The van der Waals surface area contributed by atoms with Crippen LogP contribution in [-0.2, 0) is 0 Å². The van der Waals surface area contributed by atoms with Gasteiger partial charge >= 0.3 is 0 Å². The minimum Gasteiger partial charge on any atom is -0.369 e. The highest BCUT2D eigenvalue weighted by molar-refractivity contribution is 5.65. The van der Waals surface area contributed by atoms with Gasteiger partial charge in [-0.25, -0.2) is 9.97 Å². The lowest BCUT2D eigenvalue weighted by molar-refractivity contribution is 0.261. The lowest BCUT2D eigenvalue weighted by Crippen LogP contribution is -2.40. The molecule has 6 heteroatoms. The zero-order chi connectivity index (χ0) is 13.9. The minimum absolute atomic E-state index is 0.443. The van der Waals surface area contributed by atoms with E-state index in [4.69, 9.17) is 0 Å². The third-order valence-electron chi connectivity index (χ3n) is 3.70. The SMILES string of the molecule is CCNc1cn2ccnc2c(NC2CCCN(C)C2)n1. The Balaban J connectivity index is 1.86. The van der Waals surface area contributed by atoms with Gasteiger partial charge in [-0.2, -0.15) is 0 Å². The van der Waals surface area contributed by atoms with E-state index in [2.05, 4.69) is 39.5 Å². The van der Waals surface area contributed by atoms with Crippen molar-refractivity contribution in [2.45, 2.75) is 25.8 Å². The van der Waals surface area contributed by atoms with Gasteiger partial charge in [-0.3, -0.25) is 0 Å². The Bertz CT molecular complexity index is 578. The summed E-state index contributed by atoms with van der Waals surface area (Å²) in [6.45, 7) is 5.17. The standard InChI is InChI=1S/C14H22N6/c1-3-15-12-10-20-8-6-16-14(20)13(18-12)17-11-5-4-7-19(2)9-11/h6,8,10-11,15H,3-5,7,9H2,1-2H3,(H,17,18). The Kier molecular flexibility index (Phi) is 3.73. The van der Waals surface area contributed by atoms with E-state index in [-0.39, 0.29) is 0 Å². The molecule has 0 saturated carbocycles. The smallest absolute Gasteiger partial charge is 0.180 e. The lowest BCUT2D eigenvalue weighted by Gasteiger charge is -2.30. The molecule has 20 heavy (non-hydrogen) atoms. The molecule has 3 heterocycles. The molecule has 0 amide bonds. The first-order chi connectivity index (χ1) is 9.76. The van der Waals surface area contributed by atoms with Crippen LogP contribution in [-0.4, -0.2) is 52.0 Å². The zero-order valence-corrected chi connectivity index (χ0v) is 12.1. The van der Waals surface area contributed by atoms with E-state index in [1.165, 1.54) is 19.4 Å². The van der Waals surface area contributed by atoms with E-state index >= 15 is 0 Å². The van der Waals surface area contributed by atoms with Crippen molar-refractivity contribution in [3.63, 3.8) is 0 Å². The highest BCUT2D eigenvalue weighted by Gasteiger charge is 2.19. The summed E-state index contributed by atoms with van der Waals surface area (Å²) in [6.07, 6.45) is 8.15. The second-order valence-corrected chi connectivity index (χ2v) is 5.41. The first-order valence-electron chi connectivity index (χ1n) is 7.29. The normalized spacial score (nSPS) is 20.2. The maximum Gasteiger partial charge on any atom is 0.180 e. The number of hydrogen-bond donors (Lipinski definition) is 2. The number of anilines is 2. The van der Waals surface area contributed by atoms with Crippen molar-refractivity contribution in [1.82, 2.24) is 19.3 Å². The van der Waals surface area contributed by atoms with Gasteiger partial charge in [0.1, 0.15) is 5.82 Å². The van der Waals surface area contributed by atoms with Crippen LogP contribution in [0, 0.1) is 0 Å². The molecule has 2 aromatic heterocycles. The molecular weight excluding hydrogens is 252 g/mol. The van der Waals surface area contributed by atoms with Crippen LogP contribution < -0.4 is 10.6 Å². The summed E-state index contributed by atoms with van der Waals surface area (Å²) >= 11 is 0. The van der Waals surface area contributed by atoms with Gasteiger partial charge in [0.05, 0.1) is 6.20 Å². The molecule has 1 unspecified atom stereocenters. The van der Waals surface area contributed by atoms with Crippen molar-refractivity contribution < 1.29 is 0 Å². The van der Waals surface area contributed by atoms with Gasteiger partial charge in [0.15, 0.2) is 11.5 Å². The number of nitrogens with one attached hydrogen (secondary N) is 2. The molecule has 1 aliphatic heterocycles. The number of likely N-dealkylation sites (tertiary alicyclic amines) is 1. The molecule has 2 N–H and O–H groups in total. The van der Waals surface area contributed by atoms with Crippen LogP contribution in [0.15, 0.2) is 18.6 Å². The van der Waals surface area contributed by atoms with Crippen molar-refractivity contribution in [2.24, 2.45) is 0 Å². The predicted octanol–water partition coefficient (Wildman–Crippen LogP) is 1.67. The molecule has 0 bridgehead atoms. The number of rotatable bonds is 4. The predicted molar refractivity (Wildman–Crippen MR) is 81.3 cm³/mol. The largest absolute Gasteiger partial charge is 0.369 e. The average molecular weight is 274 g/mol. The molecule has 0 radical (unpaired) electrons. The summed E-state index contributed by atoms with van der Waals surface area (Å²) in [5.41, 5.74) is 0.889. The van der Waals surface area contributed by atoms with Crippen molar-refractivity contribution in [1.29, 1.82) is 0 Å². The van der Waals surface area contributed by atoms with E-state index in [1.807, 2.05) is 23.0 Å². The number of nitrogens with zero attached hydrogens (tertiary/aromatic N) is 4. The quantitative estimate of drug-likeness (QED) is 0.888. The van der Waals surface area contributed by atoms with Crippen LogP contribution in [0.3, 0.4) is 0 Å². The summed E-state index contributed by atoms with van der Waals surface area (Å²) in [5, 5.41) is 6.83. The van der Waals surface area contributed by atoms with Crippen molar-refractivity contribution in [3.8, 4) is 0 Å². The van der Waals surface area contributed by atoms with Gasteiger partial charge in [-0.15, -0.1) is 0 Å². The third-order valence-corrected chi connectivity index (χ3v) is 3.70. The van der Waals surface area contributed by atoms with E-state index in [0.717, 1.165) is 30.4 Å². The summed E-state index contributed by atoms with van der Waals surface area (Å²) in [6, 6.07) is 0.443. The number of likely N-dealkylation sites (N-methyl/N-ethyl adjacent to an activating group) is 1. The van der Waals surface area contributed by atoms with Crippen LogP contribution >= 0.6 is 0 Å². The number of imidazole rings is 1. The molecular formula is C14H22N6. The number of piperidine rings is 1. The minimum atomic E-state index is 0.443. The molecule has 1 aliphatic rings. The van der Waals surface area contributed by atoms with E-state index in [1.54, 1.807) is 0 Å². The summed E-state index contributed by atoms with van der Waals surface area (Å²) in [7, 11) is 2.17. The third kappa shape index (κ3) is 2.70. The zero-order valence-electron chi connectivity index (χ0n) is 12.1. The molecule has 2 aromatic rings. The van der Waals surface area contributed by atoms with Gasteiger partial charge in [0, 0.05) is 31.5 Å². The molecule has 6 nitrogen and oxygen atoms in total. The van der Waals surface area contributed by atoms with Crippen LogP contribution in [0.5, 0.6) is 0 Å². The Hall–Kier alpha value is -1.82. The van der Waals surface area contributed by atoms with Crippen LogP contribution in [0.4, 0.5) is 11.6 Å². The van der Waals surface area contributed by atoms with Gasteiger partial charge in [0.25, 0.3) is 0 Å². The highest BCUT2D eigenvalue weighted by Crippen LogP contribution is 2.20. The Morgan fingerprint density at radius 2 is 2.35 bits per heavy atom. The summed E-state index contributed by atoms with van der Waals surface area (Å²) in [5.74, 6) is 1.75. The fourth-order valence-electron chi connectivity index (χ4n) is 2.77. The molecule has 1 atom stereocenters. The summed E-state index contributed by atoms with van der Waals surface area (Å²) < 4.78 is 2.01. The van der Waals surface area contributed by atoms with Gasteiger partial charge in [-0.05, 0) is 33.4 Å². The second-order valence-electron chi connectivity index (χ2n) is 5.41. The second kappa shape index (κ2) is 5.66. The van der Waals surface area contributed by atoms with Gasteiger partial charge < -0.3 is 19.9 Å². The van der Waals surface area contributed by atoms with Gasteiger partial charge in [0.2, 0.25) is 0 Å². The van der Waals surface area contributed by atoms with Gasteiger partial charge in [-0.1, -0.05) is 0 Å². The highest BCUT2D eigenvalue weighted by atomic mass is 15.2. The fourth-order valence-corrected chi connectivity index (χ4v) is 2.77. The topological polar surface area (TPSA) is 57.5 Å². The van der Waals surface area contributed by atoms with Crippen LogP contribution in [0.25, 0.3) is 5.65 Å². The van der Waals surface area contributed by atoms with E-state index in [9.17, 15) is 0 Å². The molecule has 1 fully saturated rings. The van der Waals surface area contributed by atoms with Crippen molar-refractivity contribution in [3.05, 3.63) is 18.6 Å². The number of hydrogen-bond acceptors (Lipinski definition) is 5. The van der Waals surface area contributed by atoms with Crippen molar-refractivity contribution >= 4 is 17.3 Å². The monoisotopic (exact) mass is 274 g/mol. The molecule has 0 spiro atoms. The Morgan fingerprint density at radius 3 is 3.15 bits per heavy atom. The van der Waals surface area contributed by atoms with Crippen molar-refractivity contribution in [2.75, 3.05) is 37.3 Å². The van der Waals surface area contributed by atoms with Crippen LogP contribution in [0.2, 0.25) is 0 Å². The van der Waals surface area contributed by atoms with E-state index in [0.29, 0.717) is 6.04 Å². The molecule has 1 saturated heterocycles. The van der Waals surface area contributed by atoms with Crippen LogP contribution in [0.1, 0.15) is 19.8 Å². The Morgan fingerprint density at radius 1 is 1.45 bits per heavy atom. The maximum atomic E-state index is 4.66. The first kappa shape index (κ1) is 13.2. The molecule has 3 rings (SSSR count). The molecule has 108 valence electrons.